The van der Waals surface area contributed by atoms with Crippen LogP contribution in [-0.4, -0.2) is 0 Å². The molecule has 31 heavy (non-hydrogen) atoms. The molecule has 0 aromatic carbocycles. The third kappa shape index (κ3) is 235. The second kappa shape index (κ2) is 87.3. The second-order valence-electron chi connectivity index (χ2n) is 8.12. The Kier molecular flexibility index (Phi) is 136. The van der Waals surface area contributed by atoms with Crippen LogP contribution in [0.4, 0.5) is 0 Å². The van der Waals surface area contributed by atoms with Gasteiger partial charge in [0, 0.05) is 0 Å². The summed E-state index contributed by atoms with van der Waals surface area (Å²) in [6.45, 7) is 30.6. The van der Waals surface area contributed by atoms with E-state index in [1.807, 2.05) is 0 Å². The van der Waals surface area contributed by atoms with Gasteiger partial charge in [0.2, 0.25) is 0 Å². The summed E-state index contributed by atoms with van der Waals surface area (Å²) in [5, 5.41) is 0. The van der Waals surface area contributed by atoms with Crippen molar-refractivity contribution in [2.75, 3.05) is 0 Å². The van der Waals surface area contributed by atoms with Gasteiger partial charge in [0.1, 0.15) is 0 Å². The molecule has 0 saturated carbocycles. The molecule has 0 radical (unpaired) electrons. The standard InChI is InChI=1S/C6H14.2C5H12.3C4H10.C3H8/c1-3-5-6-4-2;2*1-3-5-4-2;3*1-3-4-2;1-3-2/h3-6H2,1-2H3;2*3-5H2,1-2H3;3*3-4H2,1-2H3;3H2,1-2H3. The summed E-state index contributed by atoms with van der Waals surface area (Å²) < 4.78 is 0. The normalized spacial score (nSPS) is 7.94. The lowest BCUT2D eigenvalue weighted by atomic mass is 10.2. The smallest absolute Gasteiger partial charge is 0.0536 e. The first-order valence-electron chi connectivity index (χ1n) is 14.9. The van der Waals surface area contributed by atoms with Crippen molar-refractivity contribution in [3.8, 4) is 0 Å². The Labute approximate surface area is 206 Å². The molecule has 0 amide bonds. The van der Waals surface area contributed by atoms with Crippen LogP contribution in [0.3, 0.4) is 0 Å². The first-order chi connectivity index (χ1) is 14.9. The number of hydrogen-bond donors (Lipinski definition) is 0. The van der Waals surface area contributed by atoms with Crippen molar-refractivity contribution in [1.82, 2.24) is 0 Å². The molecule has 0 N–H and O–H groups in total. The van der Waals surface area contributed by atoms with E-state index >= 15 is 0 Å². The molecule has 0 saturated heterocycles. The topological polar surface area (TPSA) is 0 Å². The van der Waals surface area contributed by atoms with Crippen molar-refractivity contribution in [3.05, 3.63) is 0 Å². The van der Waals surface area contributed by atoms with Crippen molar-refractivity contribution in [1.29, 1.82) is 0 Å². The van der Waals surface area contributed by atoms with Gasteiger partial charge >= 0.3 is 0 Å². The summed E-state index contributed by atoms with van der Waals surface area (Å²) in [5.74, 6) is 0. The van der Waals surface area contributed by atoms with Gasteiger partial charge in [0.05, 0.1) is 0 Å². The molecule has 0 aliphatic heterocycles. The van der Waals surface area contributed by atoms with E-state index < -0.39 is 0 Å². The lowest BCUT2D eigenvalue weighted by molar-refractivity contribution is 0.702. The molecule has 0 rings (SSSR count). The van der Waals surface area contributed by atoms with Gasteiger partial charge in [-0.2, -0.15) is 0 Å². The molecular formula is C31H76. The SMILES string of the molecule is CCC.CCCC.CCCC.CCCC.CCCCC.CCCCC.CCCCCC. The number of rotatable bonds is 10. The molecule has 0 nitrogen and oxygen atoms in total. The molecule has 0 heteroatoms. The van der Waals surface area contributed by atoms with E-state index in [1.54, 1.807) is 0 Å². The van der Waals surface area contributed by atoms with E-state index in [-0.39, 0.29) is 0 Å². The van der Waals surface area contributed by atoms with Crippen LogP contribution in [0.25, 0.3) is 0 Å². The summed E-state index contributed by atoms with van der Waals surface area (Å²) >= 11 is 0. The molecule has 0 aliphatic rings. The highest BCUT2D eigenvalue weighted by molar-refractivity contribution is 4.31. The molecule has 0 atom stereocenters. The van der Waals surface area contributed by atoms with Gasteiger partial charge in [-0.15, -0.1) is 0 Å². The average Bonchev–Trinajstić information content (AvgIpc) is 2.80. The van der Waals surface area contributed by atoms with Gasteiger partial charge in [-0.3, -0.25) is 0 Å². The highest BCUT2D eigenvalue weighted by Gasteiger charge is 1.75. The van der Waals surface area contributed by atoms with Crippen LogP contribution < -0.4 is 0 Å². The van der Waals surface area contributed by atoms with Gasteiger partial charge in [0.25, 0.3) is 0 Å². The quantitative estimate of drug-likeness (QED) is 0.291. The lowest BCUT2D eigenvalue weighted by Crippen LogP contribution is -1.66. The van der Waals surface area contributed by atoms with Crippen LogP contribution in [0.2, 0.25) is 0 Å². The largest absolute Gasteiger partial charge is 0.0656 e. The monoisotopic (exact) mass is 449 g/mol. The molecule has 0 heterocycles. The Balaban J connectivity index is -0.0000000438. The Morgan fingerprint density at radius 1 is 0.194 bits per heavy atom. The van der Waals surface area contributed by atoms with E-state index in [9.17, 15) is 0 Å². The van der Waals surface area contributed by atoms with Crippen molar-refractivity contribution < 1.29 is 0 Å². The van der Waals surface area contributed by atoms with Crippen molar-refractivity contribution in [2.45, 2.75) is 206 Å². The summed E-state index contributed by atoms with van der Waals surface area (Å²) in [5.41, 5.74) is 0. The van der Waals surface area contributed by atoms with Crippen LogP contribution in [0.1, 0.15) is 206 Å². The summed E-state index contributed by atoms with van der Waals surface area (Å²) in [6, 6.07) is 0. The third-order valence-electron chi connectivity index (χ3n) is 3.87. The Morgan fingerprint density at radius 3 is 0.355 bits per heavy atom. The minimum Gasteiger partial charge on any atom is -0.0656 e. The van der Waals surface area contributed by atoms with E-state index in [0.29, 0.717) is 0 Å². The van der Waals surface area contributed by atoms with Gasteiger partial charge < -0.3 is 0 Å². The first kappa shape index (κ1) is 48.4. The van der Waals surface area contributed by atoms with Crippen LogP contribution >= 0.6 is 0 Å². The van der Waals surface area contributed by atoms with Crippen LogP contribution in [0.5, 0.6) is 0 Å². The fourth-order valence-electron chi connectivity index (χ4n) is 1.21. The molecule has 0 unspecified atom stereocenters. The molecular weight excluding hydrogens is 372 g/mol. The Morgan fingerprint density at radius 2 is 0.323 bits per heavy atom. The molecule has 200 valence electrons. The lowest BCUT2D eigenvalue weighted by Gasteiger charge is -1.86. The maximum Gasteiger partial charge on any atom is -0.0536 e. The van der Waals surface area contributed by atoms with Crippen LogP contribution in [-0.2, 0) is 0 Å². The predicted octanol–water partition coefficient (Wildman–Crippen LogP) is 13.8. The van der Waals surface area contributed by atoms with E-state index in [1.165, 1.54) is 109 Å². The fraction of sp³-hybridized carbons (Fsp3) is 1.00. The minimum absolute atomic E-state index is 1.25. The zero-order valence-corrected chi connectivity index (χ0v) is 26.0. The molecule has 0 fully saturated rings. The van der Waals surface area contributed by atoms with Crippen molar-refractivity contribution >= 4 is 0 Å². The van der Waals surface area contributed by atoms with E-state index in [0.717, 1.165) is 0 Å². The zero-order valence-electron chi connectivity index (χ0n) is 26.0. The fourth-order valence-corrected chi connectivity index (χ4v) is 1.21. The van der Waals surface area contributed by atoms with Crippen molar-refractivity contribution in [2.24, 2.45) is 0 Å². The van der Waals surface area contributed by atoms with Gasteiger partial charge in [-0.1, -0.05) is 206 Å². The first-order valence-corrected chi connectivity index (χ1v) is 14.9. The highest BCUT2D eigenvalue weighted by atomic mass is 13.8. The number of unbranched alkanes of at least 4 members (excludes halogenated alkanes) is 10. The second-order valence-corrected chi connectivity index (χ2v) is 8.12. The molecule has 0 aromatic rings. The van der Waals surface area contributed by atoms with Gasteiger partial charge in [-0.25, -0.2) is 0 Å². The Hall–Kier alpha value is 0. The van der Waals surface area contributed by atoms with Gasteiger partial charge in [0.15, 0.2) is 0 Å². The van der Waals surface area contributed by atoms with E-state index in [2.05, 4.69) is 96.9 Å². The van der Waals surface area contributed by atoms with Crippen LogP contribution in [0.15, 0.2) is 0 Å². The van der Waals surface area contributed by atoms with Gasteiger partial charge in [-0.05, 0) is 0 Å². The zero-order chi connectivity index (χ0) is 26.0. The Bertz CT molecular complexity index is 109. The number of hydrogen-bond acceptors (Lipinski definition) is 0. The molecule has 0 spiro atoms. The molecule has 0 aromatic heterocycles. The third-order valence-corrected chi connectivity index (χ3v) is 3.87. The highest BCUT2D eigenvalue weighted by Crippen LogP contribution is 1.95. The predicted molar refractivity (Wildman–Crippen MR) is 158 cm³/mol. The summed E-state index contributed by atoms with van der Waals surface area (Å²) in [6.07, 6.45) is 22.9. The summed E-state index contributed by atoms with van der Waals surface area (Å²) in [4.78, 5) is 0. The molecule has 0 aliphatic carbocycles. The maximum atomic E-state index is 2.23. The van der Waals surface area contributed by atoms with E-state index in [4.69, 9.17) is 0 Å². The molecule has 0 bridgehead atoms. The summed E-state index contributed by atoms with van der Waals surface area (Å²) in [7, 11) is 0. The van der Waals surface area contributed by atoms with Crippen LogP contribution in [0, 0.1) is 0 Å². The maximum absolute atomic E-state index is 2.23. The average molecular weight is 449 g/mol. The van der Waals surface area contributed by atoms with Crippen molar-refractivity contribution in [3.63, 3.8) is 0 Å². The minimum atomic E-state index is 1.25.